The number of rotatable bonds is 2. The maximum absolute atomic E-state index is 11.9. The molecule has 2 saturated carbocycles. The van der Waals surface area contributed by atoms with E-state index in [4.69, 9.17) is 0 Å². The highest BCUT2D eigenvalue weighted by Crippen LogP contribution is 2.54. The third kappa shape index (κ3) is 1.12. The second-order valence-electron chi connectivity index (χ2n) is 4.39. The van der Waals surface area contributed by atoms with E-state index in [1.807, 2.05) is 18.5 Å². The molecule has 0 aliphatic heterocycles. The van der Waals surface area contributed by atoms with Crippen molar-refractivity contribution in [2.24, 2.45) is 17.8 Å². The molecule has 1 aromatic heterocycles. The first kappa shape index (κ1) is 7.36. The zero-order chi connectivity index (χ0) is 8.84. The molecule has 2 fully saturated rings. The summed E-state index contributed by atoms with van der Waals surface area (Å²) >= 11 is 0. The van der Waals surface area contributed by atoms with E-state index in [1.165, 1.54) is 6.42 Å². The van der Waals surface area contributed by atoms with Crippen LogP contribution in [0.5, 0.6) is 0 Å². The normalized spacial score (nSPS) is 35.8. The van der Waals surface area contributed by atoms with E-state index < -0.39 is 0 Å². The van der Waals surface area contributed by atoms with Gasteiger partial charge in [-0.1, -0.05) is 0 Å². The van der Waals surface area contributed by atoms with E-state index in [9.17, 15) is 4.79 Å². The lowest BCUT2D eigenvalue weighted by molar-refractivity contribution is 0.0914. The number of aromatic nitrogens is 1. The Bertz CT molecular complexity index is 318. The van der Waals surface area contributed by atoms with Crippen LogP contribution in [0.4, 0.5) is 0 Å². The van der Waals surface area contributed by atoms with Crippen LogP contribution in [0.3, 0.4) is 0 Å². The second kappa shape index (κ2) is 2.47. The fraction of sp³-hybridized carbons (Fsp3) is 0.545. The van der Waals surface area contributed by atoms with Crippen LogP contribution in [-0.2, 0) is 0 Å². The van der Waals surface area contributed by atoms with Gasteiger partial charge in [0.05, 0.1) is 0 Å². The standard InChI is InChI=1S/C11H13NO/c13-11(7-1-2-12-6-7)10-4-8-3-9(8)5-10/h1-2,6,8-10,12H,3-5H2. The summed E-state index contributed by atoms with van der Waals surface area (Å²) in [7, 11) is 0. The van der Waals surface area contributed by atoms with Crippen molar-refractivity contribution in [2.45, 2.75) is 19.3 Å². The van der Waals surface area contributed by atoms with E-state index >= 15 is 0 Å². The molecule has 2 heteroatoms. The molecule has 2 nitrogen and oxygen atoms in total. The molecule has 13 heavy (non-hydrogen) atoms. The number of carbonyl (C=O) groups is 1. The number of fused-ring (bicyclic) bond motifs is 1. The van der Waals surface area contributed by atoms with Crippen LogP contribution in [-0.4, -0.2) is 10.8 Å². The van der Waals surface area contributed by atoms with Crippen molar-refractivity contribution in [3.8, 4) is 0 Å². The molecule has 2 unspecified atom stereocenters. The van der Waals surface area contributed by atoms with Crippen LogP contribution in [0, 0.1) is 17.8 Å². The fourth-order valence-corrected chi connectivity index (χ4v) is 2.64. The molecule has 0 radical (unpaired) electrons. The predicted octanol–water partition coefficient (Wildman–Crippen LogP) is 2.24. The molecule has 2 aliphatic rings. The van der Waals surface area contributed by atoms with Gasteiger partial charge in [0.25, 0.3) is 0 Å². The molecular formula is C11H13NO. The highest BCUT2D eigenvalue weighted by Gasteiger charge is 2.47. The molecular weight excluding hydrogens is 162 g/mol. The van der Waals surface area contributed by atoms with E-state index in [0.717, 1.165) is 30.2 Å². The first-order valence-corrected chi connectivity index (χ1v) is 5.01. The summed E-state index contributed by atoms with van der Waals surface area (Å²) in [5.41, 5.74) is 0.867. The van der Waals surface area contributed by atoms with Crippen molar-refractivity contribution in [3.63, 3.8) is 0 Å². The number of carbonyl (C=O) groups excluding carboxylic acids is 1. The van der Waals surface area contributed by atoms with Gasteiger partial charge < -0.3 is 4.98 Å². The number of H-pyrrole nitrogens is 1. The molecule has 1 N–H and O–H groups in total. The summed E-state index contributed by atoms with van der Waals surface area (Å²) in [6, 6.07) is 1.88. The van der Waals surface area contributed by atoms with Gasteiger partial charge in [-0.25, -0.2) is 0 Å². The lowest BCUT2D eigenvalue weighted by Gasteiger charge is -2.08. The average Bonchev–Trinajstić information content (AvgIpc) is 2.63. The Balaban J connectivity index is 1.75. The third-order valence-electron chi connectivity index (χ3n) is 3.50. The second-order valence-corrected chi connectivity index (χ2v) is 4.39. The summed E-state index contributed by atoms with van der Waals surface area (Å²) in [4.78, 5) is 14.8. The van der Waals surface area contributed by atoms with Gasteiger partial charge in [0.15, 0.2) is 5.78 Å². The lowest BCUT2D eigenvalue weighted by Crippen LogP contribution is -2.12. The zero-order valence-electron chi connectivity index (χ0n) is 7.49. The maximum Gasteiger partial charge on any atom is 0.167 e. The lowest BCUT2D eigenvalue weighted by atomic mass is 9.95. The van der Waals surface area contributed by atoms with Crippen LogP contribution in [0.1, 0.15) is 29.6 Å². The molecule has 2 atom stereocenters. The quantitative estimate of drug-likeness (QED) is 0.687. The van der Waals surface area contributed by atoms with Crippen molar-refractivity contribution < 1.29 is 4.79 Å². The molecule has 3 rings (SSSR count). The largest absolute Gasteiger partial charge is 0.367 e. The van der Waals surface area contributed by atoms with Gasteiger partial charge >= 0.3 is 0 Å². The molecule has 0 bridgehead atoms. The molecule has 1 aromatic rings. The smallest absolute Gasteiger partial charge is 0.167 e. The zero-order valence-corrected chi connectivity index (χ0v) is 7.49. The van der Waals surface area contributed by atoms with Gasteiger partial charge in [-0.3, -0.25) is 4.79 Å². The Morgan fingerprint density at radius 1 is 1.31 bits per heavy atom. The van der Waals surface area contributed by atoms with Crippen LogP contribution >= 0.6 is 0 Å². The summed E-state index contributed by atoms with van der Waals surface area (Å²) in [6.07, 6.45) is 7.31. The number of nitrogens with one attached hydrogen (secondary N) is 1. The van der Waals surface area contributed by atoms with E-state index in [-0.39, 0.29) is 0 Å². The molecule has 68 valence electrons. The minimum atomic E-state index is 0.333. The van der Waals surface area contributed by atoms with Crippen molar-refractivity contribution in [1.82, 2.24) is 4.98 Å². The van der Waals surface area contributed by atoms with Gasteiger partial charge in [0.2, 0.25) is 0 Å². The summed E-state index contributed by atoms with van der Waals surface area (Å²) in [6.45, 7) is 0. The third-order valence-corrected chi connectivity index (χ3v) is 3.50. The van der Waals surface area contributed by atoms with E-state index in [2.05, 4.69) is 4.98 Å². The molecule has 2 aliphatic carbocycles. The predicted molar refractivity (Wildman–Crippen MR) is 49.4 cm³/mol. The van der Waals surface area contributed by atoms with Crippen molar-refractivity contribution in [1.29, 1.82) is 0 Å². The van der Waals surface area contributed by atoms with Gasteiger partial charge in [-0.2, -0.15) is 0 Å². The van der Waals surface area contributed by atoms with Crippen molar-refractivity contribution >= 4 is 5.78 Å². The van der Waals surface area contributed by atoms with Gasteiger partial charge in [-0.05, 0) is 37.2 Å². The highest BCUT2D eigenvalue weighted by molar-refractivity contribution is 5.97. The minimum absolute atomic E-state index is 0.333. The Morgan fingerprint density at radius 2 is 2.08 bits per heavy atom. The Labute approximate surface area is 77.3 Å². The minimum Gasteiger partial charge on any atom is -0.367 e. The van der Waals surface area contributed by atoms with Crippen molar-refractivity contribution in [2.75, 3.05) is 0 Å². The maximum atomic E-state index is 11.9. The van der Waals surface area contributed by atoms with Crippen LogP contribution < -0.4 is 0 Å². The first-order valence-electron chi connectivity index (χ1n) is 5.01. The number of hydrogen-bond acceptors (Lipinski definition) is 1. The number of hydrogen-bond donors (Lipinski definition) is 1. The molecule has 0 amide bonds. The van der Waals surface area contributed by atoms with E-state index in [1.54, 1.807) is 0 Å². The summed E-state index contributed by atoms with van der Waals surface area (Å²) in [5.74, 6) is 2.48. The molecule has 0 saturated heterocycles. The average molecular weight is 175 g/mol. The molecule has 0 aromatic carbocycles. The van der Waals surface area contributed by atoms with Crippen LogP contribution in [0.25, 0.3) is 0 Å². The number of aromatic amines is 1. The SMILES string of the molecule is O=C(c1cc[nH]c1)C1CC2CC2C1. The van der Waals surface area contributed by atoms with Crippen molar-refractivity contribution in [3.05, 3.63) is 24.0 Å². The highest BCUT2D eigenvalue weighted by atomic mass is 16.1. The monoisotopic (exact) mass is 175 g/mol. The number of Topliss-reactive ketones (excluding diaryl/α,β-unsaturated/α-hetero) is 1. The van der Waals surface area contributed by atoms with Gasteiger partial charge in [-0.15, -0.1) is 0 Å². The van der Waals surface area contributed by atoms with Crippen LogP contribution in [0.2, 0.25) is 0 Å². The summed E-state index contributed by atoms with van der Waals surface area (Å²) in [5, 5.41) is 0. The Morgan fingerprint density at radius 3 is 2.69 bits per heavy atom. The molecule has 0 spiro atoms. The van der Waals surface area contributed by atoms with E-state index in [0.29, 0.717) is 11.7 Å². The fourth-order valence-electron chi connectivity index (χ4n) is 2.64. The Hall–Kier alpha value is -1.05. The number of ketones is 1. The van der Waals surface area contributed by atoms with Gasteiger partial charge in [0.1, 0.15) is 0 Å². The molecule has 1 heterocycles. The Kier molecular flexibility index (Phi) is 1.40. The van der Waals surface area contributed by atoms with Gasteiger partial charge in [0, 0.05) is 23.9 Å². The summed E-state index contributed by atoms with van der Waals surface area (Å²) < 4.78 is 0. The topological polar surface area (TPSA) is 32.9 Å². The van der Waals surface area contributed by atoms with Crippen LogP contribution in [0.15, 0.2) is 18.5 Å². The first-order chi connectivity index (χ1) is 6.34.